The van der Waals surface area contributed by atoms with Crippen LogP contribution in [0.3, 0.4) is 0 Å². The van der Waals surface area contributed by atoms with Crippen LogP contribution in [-0.4, -0.2) is 12.5 Å². The quantitative estimate of drug-likeness (QED) is 0.799. The Morgan fingerprint density at radius 2 is 1.91 bits per heavy atom. The number of hydrogen-bond donors (Lipinski definition) is 1. The summed E-state index contributed by atoms with van der Waals surface area (Å²) in [6.45, 7) is 5.81. The molecule has 1 N–H and O–H groups in total. The van der Waals surface area contributed by atoms with Crippen LogP contribution in [0.5, 0.6) is 5.75 Å². The van der Waals surface area contributed by atoms with Crippen LogP contribution < -0.4 is 10.1 Å². The predicted octanol–water partition coefficient (Wildman–Crippen LogP) is 4.14. The lowest BCUT2D eigenvalue weighted by molar-refractivity contribution is -0.123. The lowest BCUT2D eigenvalue weighted by atomic mass is 10.1. The summed E-state index contributed by atoms with van der Waals surface area (Å²) in [4.78, 5) is 12.3. The van der Waals surface area contributed by atoms with Crippen LogP contribution in [0, 0.1) is 17.3 Å². The number of amides is 1. The topological polar surface area (TPSA) is 38.3 Å². The van der Waals surface area contributed by atoms with Gasteiger partial charge in [0, 0.05) is 6.54 Å². The fourth-order valence-corrected chi connectivity index (χ4v) is 2.94. The van der Waals surface area contributed by atoms with Gasteiger partial charge in [0.25, 0.3) is 0 Å². The molecule has 1 aromatic rings. The number of alkyl halides is 2. The molecule has 1 aromatic carbocycles. The highest BCUT2D eigenvalue weighted by atomic mass is 19.3. The molecule has 0 aliphatic heterocycles. The van der Waals surface area contributed by atoms with Crippen LogP contribution in [0.2, 0.25) is 0 Å². The fraction of sp³-hybridized carbons (Fsp3) is 0.500. The van der Waals surface area contributed by atoms with Gasteiger partial charge in [0.2, 0.25) is 5.91 Å². The summed E-state index contributed by atoms with van der Waals surface area (Å²) < 4.78 is 28.5. The van der Waals surface area contributed by atoms with Crippen molar-refractivity contribution in [2.45, 2.75) is 40.9 Å². The van der Waals surface area contributed by atoms with E-state index in [2.05, 4.69) is 30.0 Å². The number of nitrogens with one attached hydrogen (secondary N) is 1. The van der Waals surface area contributed by atoms with Crippen molar-refractivity contribution in [1.82, 2.24) is 5.32 Å². The third kappa shape index (κ3) is 4.30. The van der Waals surface area contributed by atoms with Gasteiger partial charge in [0.15, 0.2) is 0 Å². The van der Waals surface area contributed by atoms with E-state index in [1.807, 2.05) is 13.8 Å². The van der Waals surface area contributed by atoms with Crippen molar-refractivity contribution in [3.8, 4) is 5.75 Å². The van der Waals surface area contributed by atoms with E-state index in [1.54, 1.807) is 12.1 Å². The third-order valence-electron chi connectivity index (χ3n) is 4.32. The Balaban J connectivity index is 1.89. The Bertz CT molecular complexity index is 590. The van der Waals surface area contributed by atoms with Crippen LogP contribution in [0.25, 0.3) is 0 Å². The smallest absolute Gasteiger partial charge is 0.387 e. The molecule has 0 radical (unpaired) electrons. The van der Waals surface area contributed by atoms with Crippen molar-refractivity contribution in [2.75, 3.05) is 0 Å². The van der Waals surface area contributed by atoms with Gasteiger partial charge in [0.1, 0.15) is 5.75 Å². The highest BCUT2D eigenvalue weighted by Crippen LogP contribution is 2.59. The highest BCUT2D eigenvalue weighted by molar-refractivity contribution is 5.83. The minimum Gasteiger partial charge on any atom is -0.435 e. The Hall–Kier alpha value is -1.91. The molecule has 2 atom stereocenters. The highest BCUT2D eigenvalue weighted by Gasteiger charge is 2.60. The first-order valence-electron chi connectivity index (χ1n) is 7.68. The summed E-state index contributed by atoms with van der Waals surface area (Å²) in [6.07, 6.45) is 2.15. The Morgan fingerprint density at radius 3 is 2.43 bits per heavy atom. The van der Waals surface area contributed by atoms with Crippen molar-refractivity contribution in [3.63, 3.8) is 0 Å². The Kier molecular flexibility index (Phi) is 5.07. The first kappa shape index (κ1) is 17.4. The normalized spacial score (nSPS) is 21.7. The number of rotatable bonds is 6. The summed E-state index contributed by atoms with van der Waals surface area (Å²) in [5, 5.41) is 2.92. The molecule has 126 valence electrons. The van der Waals surface area contributed by atoms with E-state index in [0.29, 0.717) is 6.54 Å². The van der Waals surface area contributed by atoms with E-state index in [9.17, 15) is 13.6 Å². The largest absolute Gasteiger partial charge is 0.435 e. The molecule has 1 fully saturated rings. The van der Waals surface area contributed by atoms with E-state index < -0.39 is 6.61 Å². The second-order valence-corrected chi connectivity index (χ2v) is 6.81. The fourth-order valence-electron chi connectivity index (χ4n) is 2.94. The van der Waals surface area contributed by atoms with Gasteiger partial charge in [0.05, 0.1) is 5.92 Å². The lowest BCUT2D eigenvalue weighted by Crippen LogP contribution is -2.26. The standard InChI is InChI=1S/C18H23F2NO2/c1-11(2)9-14-15(18(14,3)4)16(22)21-10-12-5-7-13(8-6-12)23-17(19)20/h5-9,14-15,17H,10H2,1-4H3,(H,21,22). The average Bonchev–Trinajstić information content (AvgIpc) is 2.97. The molecule has 0 heterocycles. The number of allylic oxidation sites excluding steroid dienone is 2. The van der Waals surface area contributed by atoms with Crippen molar-refractivity contribution in [3.05, 3.63) is 41.5 Å². The number of benzene rings is 1. The molecule has 3 nitrogen and oxygen atoms in total. The molecule has 0 saturated heterocycles. The van der Waals surface area contributed by atoms with Gasteiger partial charge >= 0.3 is 6.61 Å². The molecule has 0 spiro atoms. The maximum atomic E-state index is 12.3. The molecule has 1 amide bonds. The Morgan fingerprint density at radius 1 is 1.30 bits per heavy atom. The monoisotopic (exact) mass is 323 g/mol. The number of hydrogen-bond acceptors (Lipinski definition) is 2. The average molecular weight is 323 g/mol. The van der Waals surface area contributed by atoms with Gasteiger partial charge in [-0.05, 0) is 42.9 Å². The third-order valence-corrected chi connectivity index (χ3v) is 4.32. The van der Waals surface area contributed by atoms with Gasteiger partial charge in [-0.15, -0.1) is 0 Å². The van der Waals surface area contributed by atoms with Crippen LogP contribution in [0.15, 0.2) is 35.9 Å². The van der Waals surface area contributed by atoms with Gasteiger partial charge in [-0.25, -0.2) is 0 Å². The second kappa shape index (κ2) is 6.69. The van der Waals surface area contributed by atoms with Crippen molar-refractivity contribution in [1.29, 1.82) is 0 Å². The number of halogens is 2. The van der Waals surface area contributed by atoms with Crippen LogP contribution >= 0.6 is 0 Å². The SMILES string of the molecule is CC(C)=CC1C(C(=O)NCc2ccc(OC(F)F)cc2)C1(C)C. The summed E-state index contributed by atoms with van der Waals surface area (Å²) >= 11 is 0. The molecule has 1 aliphatic rings. The van der Waals surface area contributed by atoms with Gasteiger partial charge in [-0.2, -0.15) is 8.78 Å². The number of carbonyl (C=O) groups is 1. The number of carbonyl (C=O) groups excluding carboxylic acids is 1. The molecule has 1 aliphatic carbocycles. The molecule has 0 aromatic heterocycles. The molecule has 2 rings (SSSR count). The van der Waals surface area contributed by atoms with E-state index in [0.717, 1.165) is 5.56 Å². The van der Waals surface area contributed by atoms with Crippen molar-refractivity contribution < 1.29 is 18.3 Å². The maximum absolute atomic E-state index is 12.3. The van der Waals surface area contributed by atoms with Gasteiger partial charge in [-0.3, -0.25) is 4.79 Å². The zero-order valence-corrected chi connectivity index (χ0v) is 13.9. The van der Waals surface area contributed by atoms with Crippen molar-refractivity contribution in [2.24, 2.45) is 17.3 Å². The molecule has 1 saturated carbocycles. The van der Waals surface area contributed by atoms with Gasteiger partial charge in [-0.1, -0.05) is 37.6 Å². The Labute approximate surface area is 135 Å². The van der Waals surface area contributed by atoms with Crippen molar-refractivity contribution >= 4 is 5.91 Å². The minimum absolute atomic E-state index is 0.0150. The summed E-state index contributed by atoms with van der Waals surface area (Å²) in [6, 6.07) is 6.29. The molecule has 2 unspecified atom stereocenters. The predicted molar refractivity (Wildman–Crippen MR) is 85.1 cm³/mol. The second-order valence-electron chi connectivity index (χ2n) is 6.81. The zero-order valence-electron chi connectivity index (χ0n) is 13.9. The lowest BCUT2D eigenvalue weighted by Gasteiger charge is -2.08. The van der Waals surface area contributed by atoms with E-state index in [1.165, 1.54) is 17.7 Å². The molecular weight excluding hydrogens is 300 g/mol. The van der Waals surface area contributed by atoms with Crippen LogP contribution in [0.1, 0.15) is 33.3 Å². The summed E-state index contributed by atoms with van der Waals surface area (Å²) in [5.41, 5.74) is 2.04. The maximum Gasteiger partial charge on any atom is 0.387 e. The van der Waals surface area contributed by atoms with E-state index >= 15 is 0 Å². The van der Waals surface area contributed by atoms with Crippen LogP contribution in [-0.2, 0) is 11.3 Å². The van der Waals surface area contributed by atoms with E-state index in [-0.39, 0.29) is 28.9 Å². The first-order valence-corrected chi connectivity index (χ1v) is 7.68. The van der Waals surface area contributed by atoms with Crippen LogP contribution in [0.4, 0.5) is 8.78 Å². The molecule has 5 heteroatoms. The number of ether oxygens (including phenoxy) is 1. The summed E-state index contributed by atoms with van der Waals surface area (Å²) in [7, 11) is 0. The molecular formula is C18H23F2NO2. The molecule has 0 bridgehead atoms. The van der Waals surface area contributed by atoms with E-state index in [4.69, 9.17) is 0 Å². The van der Waals surface area contributed by atoms with Gasteiger partial charge < -0.3 is 10.1 Å². The molecule has 23 heavy (non-hydrogen) atoms. The first-order chi connectivity index (χ1) is 10.7. The zero-order chi connectivity index (χ0) is 17.2. The summed E-state index contributed by atoms with van der Waals surface area (Å²) in [5.74, 6) is 0.403. The minimum atomic E-state index is -2.83.